The molecular weight excluding hydrogens is 348 g/mol. The molecule has 1 spiro atoms. The summed E-state index contributed by atoms with van der Waals surface area (Å²) in [5.41, 5.74) is 0.0901. The van der Waals surface area contributed by atoms with Crippen LogP contribution in [0.3, 0.4) is 0 Å². The summed E-state index contributed by atoms with van der Waals surface area (Å²) in [6.07, 6.45) is 4.24. The molecule has 0 radical (unpaired) electrons. The van der Waals surface area contributed by atoms with Gasteiger partial charge in [0.2, 0.25) is 0 Å². The first-order chi connectivity index (χ1) is 12.9. The summed E-state index contributed by atoms with van der Waals surface area (Å²) in [5, 5.41) is 6.72. The number of piperidine rings is 1. The maximum absolute atomic E-state index is 12.8. The Morgan fingerprint density at radius 3 is 2.70 bits per heavy atom. The molecule has 0 atom stereocenters. The fourth-order valence-electron chi connectivity index (χ4n) is 3.89. The summed E-state index contributed by atoms with van der Waals surface area (Å²) in [6, 6.07) is 3.07. The van der Waals surface area contributed by atoms with E-state index in [9.17, 15) is 14.4 Å². The highest BCUT2D eigenvalue weighted by Gasteiger charge is 2.54. The van der Waals surface area contributed by atoms with Gasteiger partial charge in [-0.1, -0.05) is 13.8 Å². The van der Waals surface area contributed by atoms with Crippen molar-refractivity contribution >= 4 is 23.5 Å². The lowest BCUT2D eigenvalue weighted by molar-refractivity contribution is -0.129. The highest BCUT2D eigenvalue weighted by atomic mass is 16.2. The number of carbonyl (C=O) groups is 3. The Bertz CT molecular complexity index is 880. The van der Waals surface area contributed by atoms with Crippen molar-refractivity contribution in [3.05, 3.63) is 30.2 Å². The average molecular weight is 370 g/mol. The highest BCUT2D eigenvalue weighted by molar-refractivity contribution is 6.07. The molecule has 0 bridgehead atoms. The van der Waals surface area contributed by atoms with Gasteiger partial charge >= 0.3 is 6.03 Å². The van der Waals surface area contributed by atoms with Gasteiger partial charge in [-0.15, -0.1) is 0 Å². The summed E-state index contributed by atoms with van der Waals surface area (Å²) < 4.78 is 1.56. The second kappa shape index (κ2) is 6.33. The van der Waals surface area contributed by atoms with Crippen LogP contribution >= 0.6 is 0 Å². The van der Waals surface area contributed by atoms with Crippen LogP contribution in [0.15, 0.2) is 24.5 Å². The molecule has 9 heteroatoms. The number of imide groups is 1. The molecule has 4 rings (SSSR count). The zero-order chi connectivity index (χ0) is 19.2. The first-order valence-electron chi connectivity index (χ1n) is 9.13. The Balaban J connectivity index is 1.51. The van der Waals surface area contributed by atoms with Crippen LogP contribution in [0.25, 0.3) is 5.65 Å². The number of aromatic nitrogens is 3. The van der Waals surface area contributed by atoms with E-state index >= 15 is 0 Å². The minimum atomic E-state index is -0.849. The van der Waals surface area contributed by atoms with E-state index in [1.165, 1.54) is 0 Å². The van der Waals surface area contributed by atoms with E-state index in [4.69, 9.17) is 0 Å². The molecule has 27 heavy (non-hydrogen) atoms. The number of fused-ring (bicyclic) bond motifs is 1. The van der Waals surface area contributed by atoms with Crippen LogP contribution in [0.1, 0.15) is 37.2 Å². The van der Waals surface area contributed by atoms with Gasteiger partial charge in [-0.05, 0) is 24.8 Å². The second-order valence-electron chi connectivity index (χ2n) is 7.54. The summed E-state index contributed by atoms with van der Waals surface area (Å²) >= 11 is 0. The van der Waals surface area contributed by atoms with E-state index in [-0.39, 0.29) is 23.8 Å². The maximum atomic E-state index is 12.8. The molecule has 0 aromatic carbocycles. The molecule has 2 aromatic rings. The lowest BCUT2D eigenvalue weighted by Gasteiger charge is -2.42. The summed E-state index contributed by atoms with van der Waals surface area (Å²) in [4.78, 5) is 45.1. The van der Waals surface area contributed by atoms with Gasteiger partial charge in [0.15, 0.2) is 11.3 Å². The Kier molecular flexibility index (Phi) is 4.09. The van der Waals surface area contributed by atoms with Gasteiger partial charge in [-0.2, -0.15) is 5.10 Å². The predicted octanol–water partition coefficient (Wildman–Crippen LogP) is 0.912. The number of likely N-dealkylation sites (tertiary alicyclic amines) is 1. The number of carbonyl (C=O) groups excluding carboxylic acids is 3. The molecule has 0 saturated carbocycles. The standard InChI is InChI=1S/C18H22N6O3/c1-12(2)11-23-17(27)20-16(26)18(23)4-8-22(9-5-18)15(25)13-10-14-19-6-3-7-24(14)21-13/h3,6-7,10,12H,4-5,8-9,11H2,1-2H3,(H,20,26,27). The molecule has 1 N–H and O–H groups in total. The third kappa shape index (κ3) is 2.83. The number of rotatable bonds is 3. The SMILES string of the molecule is CC(C)CN1C(=O)NC(=O)C12CCN(C(=O)c1cc3ncccn3n1)CC2. The van der Waals surface area contributed by atoms with Gasteiger partial charge in [-0.25, -0.2) is 14.3 Å². The number of nitrogens with zero attached hydrogens (tertiary/aromatic N) is 5. The van der Waals surface area contributed by atoms with Crippen molar-refractivity contribution in [2.24, 2.45) is 5.92 Å². The van der Waals surface area contributed by atoms with Crippen molar-refractivity contribution in [2.75, 3.05) is 19.6 Å². The van der Waals surface area contributed by atoms with Crippen LogP contribution in [-0.4, -0.2) is 67.4 Å². The number of hydrogen-bond donors (Lipinski definition) is 1. The van der Waals surface area contributed by atoms with Gasteiger partial charge in [0.05, 0.1) is 0 Å². The minimum absolute atomic E-state index is 0.185. The zero-order valence-corrected chi connectivity index (χ0v) is 15.4. The van der Waals surface area contributed by atoms with Crippen LogP contribution < -0.4 is 5.32 Å². The molecule has 2 fully saturated rings. The van der Waals surface area contributed by atoms with E-state index < -0.39 is 5.54 Å². The average Bonchev–Trinajstić information content (AvgIpc) is 3.17. The minimum Gasteiger partial charge on any atom is -0.337 e. The quantitative estimate of drug-likeness (QED) is 0.810. The van der Waals surface area contributed by atoms with Gasteiger partial charge in [0, 0.05) is 38.1 Å². The zero-order valence-electron chi connectivity index (χ0n) is 15.4. The fraction of sp³-hybridized carbons (Fsp3) is 0.500. The number of nitrogens with one attached hydrogen (secondary N) is 1. The van der Waals surface area contributed by atoms with E-state index in [0.717, 1.165) is 0 Å². The molecule has 4 heterocycles. The molecule has 2 aliphatic heterocycles. The number of hydrogen-bond acceptors (Lipinski definition) is 5. The third-order valence-corrected chi connectivity index (χ3v) is 5.29. The fourth-order valence-corrected chi connectivity index (χ4v) is 3.89. The topological polar surface area (TPSA) is 99.9 Å². The van der Waals surface area contributed by atoms with E-state index in [0.29, 0.717) is 43.8 Å². The molecule has 2 aliphatic rings. The van der Waals surface area contributed by atoms with Crippen LogP contribution in [0.5, 0.6) is 0 Å². The van der Waals surface area contributed by atoms with Crippen molar-refractivity contribution in [2.45, 2.75) is 32.2 Å². The van der Waals surface area contributed by atoms with Crippen molar-refractivity contribution in [3.63, 3.8) is 0 Å². The summed E-state index contributed by atoms with van der Waals surface area (Å²) in [7, 11) is 0. The number of amides is 4. The molecular formula is C18H22N6O3. The molecule has 142 valence electrons. The largest absolute Gasteiger partial charge is 0.337 e. The van der Waals surface area contributed by atoms with Crippen LogP contribution in [0, 0.1) is 5.92 Å². The molecule has 9 nitrogen and oxygen atoms in total. The molecule has 0 unspecified atom stereocenters. The maximum Gasteiger partial charge on any atom is 0.325 e. The van der Waals surface area contributed by atoms with Gasteiger partial charge in [0.1, 0.15) is 5.54 Å². The molecule has 2 saturated heterocycles. The Morgan fingerprint density at radius 1 is 1.30 bits per heavy atom. The van der Waals surface area contributed by atoms with Crippen molar-refractivity contribution in [3.8, 4) is 0 Å². The van der Waals surface area contributed by atoms with Crippen molar-refractivity contribution in [1.29, 1.82) is 0 Å². The van der Waals surface area contributed by atoms with Gasteiger partial charge in [-0.3, -0.25) is 14.9 Å². The molecule has 4 amide bonds. The number of urea groups is 1. The third-order valence-electron chi connectivity index (χ3n) is 5.29. The Hall–Kier alpha value is -2.97. The summed E-state index contributed by atoms with van der Waals surface area (Å²) in [5.74, 6) is -0.184. The Morgan fingerprint density at radius 2 is 2.04 bits per heavy atom. The van der Waals surface area contributed by atoms with Crippen LogP contribution in [0.2, 0.25) is 0 Å². The van der Waals surface area contributed by atoms with E-state index in [2.05, 4.69) is 15.4 Å². The predicted molar refractivity (Wildman–Crippen MR) is 95.9 cm³/mol. The molecule has 2 aromatic heterocycles. The smallest absolute Gasteiger partial charge is 0.325 e. The molecule has 0 aliphatic carbocycles. The highest BCUT2D eigenvalue weighted by Crippen LogP contribution is 2.34. The van der Waals surface area contributed by atoms with Crippen molar-refractivity contribution in [1.82, 2.24) is 29.7 Å². The lowest BCUT2D eigenvalue weighted by atomic mass is 9.85. The van der Waals surface area contributed by atoms with Gasteiger partial charge in [0.25, 0.3) is 11.8 Å². The van der Waals surface area contributed by atoms with Gasteiger partial charge < -0.3 is 9.80 Å². The monoisotopic (exact) mass is 370 g/mol. The van der Waals surface area contributed by atoms with Crippen LogP contribution in [-0.2, 0) is 4.79 Å². The lowest BCUT2D eigenvalue weighted by Crippen LogP contribution is -2.58. The van der Waals surface area contributed by atoms with E-state index in [1.807, 2.05) is 13.8 Å². The van der Waals surface area contributed by atoms with Crippen LogP contribution in [0.4, 0.5) is 4.79 Å². The first-order valence-corrected chi connectivity index (χ1v) is 9.13. The van der Waals surface area contributed by atoms with E-state index in [1.54, 1.807) is 38.8 Å². The summed E-state index contributed by atoms with van der Waals surface area (Å²) in [6.45, 7) is 5.34. The second-order valence-corrected chi connectivity index (χ2v) is 7.54. The Labute approximate surface area is 156 Å². The first kappa shape index (κ1) is 17.4. The normalized spacial score (nSPS) is 19.4. The van der Waals surface area contributed by atoms with Crippen molar-refractivity contribution < 1.29 is 14.4 Å².